The Balaban J connectivity index is 1.57. The van der Waals surface area contributed by atoms with Gasteiger partial charge in [-0.2, -0.15) is 0 Å². The van der Waals surface area contributed by atoms with Gasteiger partial charge in [0.1, 0.15) is 17.9 Å². The molecule has 4 rings (SSSR count). The van der Waals surface area contributed by atoms with Gasteiger partial charge in [0.25, 0.3) is 11.8 Å². The molecule has 2 aromatic carbocycles. The van der Waals surface area contributed by atoms with Crippen LogP contribution < -0.4 is 14.2 Å². The third kappa shape index (κ3) is 4.09. The summed E-state index contributed by atoms with van der Waals surface area (Å²) >= 11 is 5.13. The molecule has 0 N–H and O–H groups in total. The molecule has 0 bridgehead atoms. The van der Waals surface area contributed by atoms with Gasteiger partial charge in [0.05, 0.1) is 0 Å². The van der Waals surface area contributed by atoms with E-state index in [0.29, 0.717) is 30.1 Å². The average Bonchev–Trinajstić information content (AvgIpc) is 3.27. The van der Waals surface area contributed by atoms with Crippen molar-refractivity contribution in [2.24, 2.45) is 0 Å². The van der Waals surface area contributed by atoms with Crippen LogP contribution in [0.5, 0.6) is 17.2 Å². The molecule has 2 aliphatic rings. The average molecular weight is 451 g/mol. The molecule has 0 atom stereocenters. The van der Waals surface area contributed by atoms with Crippen molar-refractivity contribution < 1.29 is 23.8 Å². The van der Waals surface area contributed by atoms with E-state index in [2.05, 4.69) is 6.58 Å². The molecule has 2 amide bonds. The Bertz CT molecular complexity index is 1130. The summed E-state index contributed by atoms with van der Waals surface area (Å²) in [5.74, 6) is 1.28. The topological polar surface area (TPSA) is 68.3 Å². The third-order valence-electron chi connectivity index (χ3n) is 5.24. The van der Waals surface area contributed by atoms with Crippen LogP contribution in [0.2, 0.25) is 0 Å². The second-order valence-corrected chi connectivity index (χ2v) is 7.77. The van der Waals surface area contributed by atoms with Gasteiger partial charge in [0, 0.05) is 14.1 Å². The van der Waals surface area contributed by atoms with Gasteiger partial charge in [-0.15, -0.1) is 6.58 Å². The van der Waals surface area contributed by atoms with Gasteiger partial charge in [-0.3, -0.25) is 19.4 Å². The Kier molecular flexibility index (Phi) is 5.96. The minimum absolute atomic E-state index is 0.0576. The smallest absolute Gasteiger partial charge is 0.265 e. The summed E-state index contributed by atoms with van der Waals surface area (Å²) in [5, 5.41) is 0.178. The number of hydrogen-bond donors (Lipinski definition) is 0. The molecule has 7 nitrogen and oxygen atoms in total. The van der Waals surface area contributed by atoms with Gasteiger partial charge in [-0.05, 0) is 65.7 Å². The monoisotopic (exact) mass is 450 g/mol. The van der Waals surface area contributed by atoms with E-state index in [9.17, 15) is 9.59 Å². The largest absolute Gasteiger partial charge is 0.489 e. The number of nitrogens with zero attached hydrogens (tertiary/aromatic N) is 2. The molecule has 2 aliphatic heterocycles. The number of amides is 2. The van der Waals surface area contributed by atoms with Crippen molar-refractivity contribution in [3.63, 3.8) is 0 Å². The molecule has 2 aromatic rings. The van der Waals surface area contributed by atoms with E-state index in [4.69, 9.17) is 26.4 Å². The number of thiocarbonyl (C=S) groups is 1. The van der Waals surface area contributed by atoms with Crippen molar-refractivity contribution in [2.45, 2.75) is 13.0 Å². The minimum Gasteiger partial charge on any atom is -0.489 e. The van der Waals surface area contributed by atoms with E-state index >= 15 is 0 Å². The molecular formula is C24H22N2O5S. The molecule has 0 aromatic heterocycles. The Morgan fingerprint density at radius 1 is 1.06 bits per heavy atom. The quantitative estimate of drug-likeness (QED) is 0.291. The summed E-state index contributed by atoms with van der Waals surface area (Å²) < 4.78 is 16.8. The summed E-state index contributed by atoms with van der Waals surface area (Å²) in [6, 6.07) is 11.2. The standard InChI is InChI=1S/C24H22N2O5S/c1-4-5-17-10-15(11-18-22(27)25(2)24(32)26(3)23(18)28)6-8-19(17)29-13-16-7-9-20-21(12-16)31-14-30-20/h4,6-12H,1,5,13-14H2,2-3H3. The summed E-state index contributed by atoms with van der Waals surface area (Å²) in [6.07, 6.45) is 3.92. The fraction of sp³-hybridized carbons (Fsp3) is 0.208. The first-order chi connectivity index (χ1) is 15.4. The van der Waals surface area contributed by atoms with Gasteiger partial charge in [-0.25, -0.2) is 0 Å². The molecule has 0 saturated carbocycles. The van der Waals surface area contributed by atoms with Crippen molar-refractivity contribution in [1.82, 2.24) is 9.80 Å². The lowest BCUT2D eigenvalue weighted by atomic mass is 10.0. The van der Waals surface area contributed by atoms with Crippen molar-refractivity contribution in [3.05, 3.63) is 71.3 Å². The number of ether oxygens (including phenoxy) is 3. The maximum atomic E-state index is 12.6. The maximum Gasteiger partial charge on any atom is 0.265 e. The SMILES string of the molecule is C=CCc1cc(C=C2C(=O)N(C)C(=S)N(C)C2=O)ccc1OCc1ccc2c(c1)OCO2. The fourth-order valence-corrected chi connectivity index (χ4v) is 3.64. The first-order valence-electron chi connectivity index (χ1n) is 9.96. The normalized spacial score (nSPS) is 15.3. The van der Waals surface area contributed by atoms with E-state index in [0.717, 1.165) is 16.9 Å². The Morgan fingerprint density at radius 3 is 2.50 bits per heavy atom. The second kappa shape index (κ2) is 8.84. The van der Waals surface area contributed by atoms with Gasteiger partial charge in [0.2, 0.25) is 6.79 Å². The molecule has 0 aliphatic carbocycles. The van der Waals surface area contributed by atoms with Gasteiger partial charge in [0.15, 0.2) is 16.6 Å². The van der Waals surface area contributed by atoms with E-state index in [-0.39, 0.29) is 17.5 Å². The number of likely N-dealkylation sites (N-methyl/N-ethyl adjacent to an activating group) is 2. The molecule has 32 heavy (non-hydrogen) atoms. The van der Waals surface area contributed by atoms with Crippen LogP contribution in [0, 0.1) is 0 Å². The predicted molar refractivity (Wildman–Crippen MR) is 123 cm³/mol. The highest BCUT2D eigenvalue weighted by Crippen LogP contribution is 2.33. The number of benzene rings is 2. The van der Waals surface area contributed by atoms with Crippen molar-refractivity contribution >= 4 is 35.2 Å². The highest BCUT2D eigenvalue weighted by atomic mass is 32.1. The van der Waals surface area contributed by atoms with Crippen molar-refractivity contribution in [2.75, 3.05) is 20.9 Å². The minimum atomic E-state index is -0.425. The zero-order chi connectivity index (χ0) is 22.8. The van der Waals surface area contributed by atoms with E-state index in [1.165, 1.54) is 9.80 Å². The molecule has 1 saturated heterocycles. The lowest BCUT2D eigenvalue weighted by Crippen LogP contribution is -2.52. The fourth-order valence-electron chi connectivity index (χ4n) is 3.48. The maximum absolute atomic E-state index is 12.6. The lowest BCUT2D eigenvalue weighted by molar-refractivity contribution is -0.132. The number of rotatable bonds is 6. The van der Waals surface area contributed by atoms with Crippen LogP contribution in [0.1, 0.15) is 16.7 Å². The van der Waals surface area contributed by atoms with Crippen molar-refractivity contribution in [3.8, 4) is 17.2 Å². The molecule has 0 radical (unpaired) electrons. The number of allylic oxidation sites excluding steroid dienone is 1. The zero-order valence-corrected chi connectivity index (χ0v) is 18.6. The van der Waals surface area contributed by atoms with Crippen LogP contribution in [-0.2, 0) is 22.6 Å². The van der Waals surface area contributed by atoms with Crippen LogP contribution in [0.3, 0.4) is 0 Å². The van der Waals surface area contributed by atoms with Crippen LogP contribution in [0.25, 0.3) is 6.08 Å². The van der Waals surface area contributed by atoms with E-state index < -0.39 is 11.8 Å². The Hall–Kier alpha value is -3.65. The first-order valence-corrected chi connectivity index (χ1v) is 10.4. The highest BCUT2D eigenvalue weighted by molar-refractivity contribution is 7.80. The number of hydrogen-bond acceptors (Lipinski definition) is 6. The van der Waals surface area contributed by atoms with Crippen LogP contribution in [-0.4, -0.2) is 47.6 Å². The Morgan fingerprint density at radius 2 is 1.78 bits per heavy atom. The summed E-state index contributed by atoms with van der Waals surface area (Å²) in [7, 11) is 3.11. The molecule has 8 heteroatoms. The van der Waals surface area contributed by atoms with E-state index in [1.807, 2.05) is 36.4 Å². The Labute approximate surface area is 191 Å². The zero-order valence-electron chi connectivity index (χ0n) is 17.8. The molecular weight excluding hydrogens is 428 g/mol. The van der Waals surface area contributed by atoms with Crippen LogP contribution in [0.4, 0.5) is 0 Å². The number of carbonyl (C=O) groups is 2. The second-order valence-electron chi connectivity index (χ2n) is 7.41. The summed E-state index contributed by atoms with van der Waals surface area (Å²) in [4.78, 5) is 27.7. The highest BCUT2D eigenvalue weighted by Gasteiger charge is 2.35. The molecule has 1 fully saturated rings. The van der Waals surface area contributed by atoms with Crippen molar-refractivity contribution in [1.29, 1.82) is 0 Å². The van der Waals surface area contributed by atoms with Gasteiger partial charge < -0.3 is 14.2 Å². The van der Waals surface area contributed by atoms with Crippen LogP contribution >= 0.6 is 12.2 Å². The molecule has 164 valence electrons. The number of fused-ring (bicyclic) bond motifs is 1. The van der Waals surface area contributed by atoms with Gasteiger partial charge >= 0.3 is 0 Å². The molecule has 0 unspecified atom stereocenters. The van der Waals surface area contributed by atoms with Gasteiger partial charge in [-0.1, -0.05) is 18.2 Å². The molecule has 2 heterocycles. The van der Waals surface area contributed by atoms with E-state index in [1.54, 1.807) is 26.2 Å². The summed E-state index contributed by atoms with van der Waals surface area (Å²) in [6.45, 7) is 4.39. The first kappa shape index (κ1) is 21.6. The summed E-state index contributed by atoms with van der Waals surface area (Å²) in [5.41, 5.74) is 2.61. The lowest BCUT2D eigenvalue weighted by Gasteiger charge is -2.31. The predicted octanol–water partition coefficient (Wildman–Crippen LogP) is 3.32. The number of carbonyl (C=O) groups excluding carboxylic acids is 2. The molecule has 0 spiro atoms. The third-order valence-corrected chi connectivity index (χ3v) is 5.78. The van der Waals surface area contributed by atoms with Crippen LogP contribution in [0.15, 0.2) is 54.6 Å².